The third-order valence-corrected chi connectivity index (χ3v) is 5.63. The van der Waals surface area contributed by atoms with Crippen LogP contribution in [0.15, 0.2) is 34.4 Å². The number of rotatable bonds is 7. The van der Waals surface area contributed by atoms with Gasteiger partial charge in [0.15, 0.2) is 18.2 Å². The van der Waals surface area contributed by atoms with Crippen LogP contribution in [-0.2, 0) is 19.6 Å². The zero-order chi connectivity index (χ0) is 19.5. The van der Waals surface area contributed by atoms with E-state index in [1.807, 2.05) is 31.4 Å². The highest BCUT2D eigenvalue weighted by Crippen LogP contribution is 2.32. The highest BCUT2D eigenvalue weighted by Gasteiger charge is 2.24. The summed E-state index contributed by atoms with van der Waals surface area (Å²) in [6.07, 6.45) is 0.922. The third kappa shape index (κ3) is 3.67. The standard InChI is InChI=1S/C19H23N5O3S/c1-3-26-16-10-14-7-8-22(12-15(14)11-17(16)27-4-2)13-23-19(25)24(21-20-23)18-6-5-9-28-18/h5-6,9-11H,3-4,7-8,12-13H2,1-2H3/p+1. The molecule has 3 aromatic rings. The number of fused-ring (bicyclic) bond motifs is 1. The number of hydrogen-bond donors (Lipinski definition) is 1. The van der Waals surface area contributed by atoms with Crippen LogP contribution in [0.3, 0.4) is 0 Å². The van der Waals surface area contributed by atoms with Crippen molar-refractivity contribution in [3.05, 3.63) is 51.3 Å². The molecule has 0 radical (unpaired) electrons. The maximum atomic E-state index is 12.6. The van der Waals surface area contributed by atoms with Gasteiger partial charge in [-0.15, -0.1) is 20.7 Å². The van der Waals surface area contributed by atoms with Crippen LogP contribution in [0.2, 0.25) is 0 Å². The molecular formula is C19H24N5O3S+. The highest BCUT2D eigenvalue weighted by molar-refractivity contribution is 7.12. The lowest BCUT2D eigenvalue weighted by atomic mass is 9.99. The monoisotopic (exact) mass is 402 g/mol. The van der Waals surface area contributed by atoms with Crippen molar-refractivity contribution in [3.63, 3.8) is 0 Å². The van der Waals surface area contributed by atoms with E-state index in [0.717, 1.165) is 36.0 Å². The van der Waals surface area contributed by atoms with Gasteiger partial charge in [-0.2, -0.15) is 0 Å². The summed E-state index contributed by atoms with van der Waals surface area (Å²) in [6.45, 7) is 7.36. The first-order chi connectivity index (χ1) is 13.7. The minimum atomic E-state index is -0.206. The molecule has 1 atom stereocenters. The quantitative estimate of drug-likeness (QED) is 0.635. The van der Waals surface area contributed by atoms with E-state index >= 15 is 0 Å². The molecule has 28 heavy (non-hydrogen) atoms. The van der Waals surface area contributed by atoms with E-state index < -0.39 is 0 Å². The summed E-state index contributed by atoms with van der Waals surface area (Å²) < 4.78 is 14.3. The van der Waals surface area contributed by atoms with Crippen LogP contribution in [0.4, 0.5) is 0 Å². The summed E-state index contributed by atoms with van der Waals surface area (Å²) in [5.41, 5.74) is 2.31. The molecule has 1 N–H and O–H groups in total. The van der Waals surface area contributed by atoms with Crippen molar-refractivity contribution in [3.8, 4) is 16.5 Å². The Bertz CT molecular complexity index is 996. The number of nitrogens with one attached hydrogen (secondary N) is 1. The molecule has 9 heteroatoms. The molecule has 3 heterocycles. The first kappa shape index (κ1) is 18.7. The zero-order valence-corrected chi connectivity index (χ0v) is 16.9. The molecule has 4 rings (SSSR count). The van der Waals surface area contributed by atoms with Gasteiger partial charge in [0.25, 0.3) is 0 Å². The van der Waals surface area contributed by atoms with Crippen molar-refractivity contribution in [1.29, 1.82) is 0 Å². The Morgan fingerprint density at radius 3 is 2.57 bits per heavy atom. The van der Waals surface area contributed by atoms with E-state index in [1.54, 1.807) is 0 Å². The lowest BCUT2D eigenvalue weighted by molar-refractivity contribution is -0.939. The number of aromatic nitrogens is 4. The zero-order valence-electron chi connectivity index (χ0n) is 16.1. The Hall–Kier alpha value is -2.65. The van der Waals surface area contributed by atoms with Crippen LogP contribution in [0.1, 0.15) is 25.0 Å². The van der Waals surface area contributed by atoms with Gasteiger partial charge < -0.3 is 14.4 Å². The van der Waals surface area contributed by atoms with Gasteiger partial charge in [-0.25, -0.2) is 4.79 Å². The number of ether oxygens (including phenoxy) is 2. The van der Waals surface area contributed by atoms with Crippen molar-refractivity contribution in [2.75, 3.05) is 19.8 Å². The lowest BCUT2D eigenvalue weighted by Gasteiger charge is -2.26. The van der Waals surface area contributed by atoms with Gasteiger partial charge in [0, 0.05) is 12.0 Å². The Labute approximate surface area is 166 Å². The Morgan fingerprint density at radius 2 is 1.89 bits per heavy atom. The number of benzene rings is 1. The molecule has 1 aromatic carbocycles. The van der Waals surface area contributed by atoms with Crippen molar-refractivity contribution in [2.24, 2.45) is 0 Å². The van der Waals surface area contributed by atoms with Crippen molar-refractivity contribution in [1.82, 2.24) is 19.8 Å². The highest BCUT2D eigenvalue weighted by atomic mass is 32.1. The average molecular weight is 403 g/mol. The molecule has 0 saturated carbocycles. The molecule has 0 bridgehead atoms. The van der Waals surface area contributed by atoms with Crippen LogP contribution in [0, 0.1) is 0 Å². The van der Waals surface area contributed by atoms with Gasteiger partial charge >= 0.3 is 5.69 Å². The predicted octanol–water partition coefficient (Wildman–Crippen LogP) is 0.887. The van der Waals surface area contributed by atoms with Gasteiger partial charge in [0.05, 0.1) is 19.8 Å². The molecule has 0 amide bonds. The van der Waals surface area contributed by atoms with Crippen molar-refractivity contribution < 1.29 is 14.4 Å². The van der Waals surface area contributed by atoms with Gasteiger partial charge in [0.1, 0.15) is 11.5 Å². The minimum Gasteiger partial charge on any atom is -0.490 e. The summed E-state index contributed by atoms with van der Waals surface area (Å²) in [7, 11) is 0. The van der Waals surface area contributed by atoms with E-state index in [4.69, 9.17) is 9.47 Å². The van der Waals surface area contributed by atoms with E-state index in [2.05, 4.69) is 22.6 Å². The normalized spacial score (nSPS) is 16.0. The van der Waals surface area contributed by atoms with Crippen LogP contribution in [0.25, 0.3) is 5.00 Å². The molecule has 148 valence electrons. The smallest absolute Gasteiger partial charge is 0.374 e. The molecule has 1 aliphatic rings. The topological polar surface area (TPSA) is 75.6 Å². The molecule has 0 fully saturated rings. The fraction of sp³-hybridized carbons (Fsp3) is 0.421. The molecule has 0 spiro atoms. The van der Waals surface area contributed by atoms with Gasteiger partial charge in [0.2, 0.25) is 0 Å². The summed E-state index contributed by atoms with van der Waals surface area (Å²) >= 11 is 1.47. The minimum absolute atomic E-state index is 0.206. The number of thiophene rings is 1. The summed E-state index contributed by atoms with van der Waals surface area (Å²) in [4.78, 5) is 13.9. The fourth-order valence-electron chi connectivity index (χ4n) is 3.50. The second-order valence-electron chi connectivity index (χ2n) is 6.64. The van der Waals surface area contributed by atoms with Crippen molar-refractivity contribution >= 4 is 11.3 Å². The maximum Gasteiger partial charge on any atom is 0.374 e. The summed E-state index contributed by atoms with van der Waals surface area (Å²) in [5, 5.41) is 10.8. The van der Waals surface area contributed by atoms with E-state index in [9.17, 15) is 4.79 Å². The number of nitrogens with zero attached hydrogens (tertiary/aromatic N) is 4. The van der Waals surface area contributed by atoms with Crippen LogP contribution < -0.4 is 20.1 Å². The third-order valence-electron chi connectivity index (χ3n) is 4.78. The largest absolute Gasteiger partial charge is 0.490 e. The van der Waals surface area contributed by atoms with Gasteiger partial charge in [-0.3, -0.25) is 0 Å². The molecule has 0 aliphatic carbocycles. The average Bonchev–Trinajstić information content (AvgIpc) is 3.33. The first-order valence-electron chi connectivity index (χ1n) is 9.51. The second-order valence-corrected chi connectivity index (χ2v) is 7.57. The molecule has 1 unspecified atom stereocenters. The molecular weight excluding hydrogens is 378 g/mol. The van der Waals surface area contributed by atoms with E-state index in [0.29, 0.717) is 19.9 Å². The number of hydrogen-bond acceptors (Lipinski definition) is 6. The summed E-state index contributed by atoms with van der Waals surface area (Å²) in [6, 6.07) is 7.93. The van der Waals surface area contributed by atoms with Crippen LogP contribution in [-0.4, -0.2) is 39.5 Å². The van der Waals surface area contributed by atoms with Gasteiger partial charge in [-0.05, 0) is 59.5 Å². The summed E-state index contributed by atoms with van der Waals surface area (Å²) in [5.74, 6) is 1.59. The van der Waals surface area contributed by atoms with Crippen molar-refractivity contribution in [2.45, 2.75) is 33.5 Å². The second kappa shape index (κ2) is 8.15. The molecule has 2 aromatic heterocycles. The maximum absolute atomic E-state index is 12.6. The van der Waals surface area contributed by atoms with Gasteiger partial charge in [-0.1, -0.05) is 0 Å². The Kier molecular flexibility index (Phi) is 5.45. The lowest BCUT2D eigenvalue weighted by Crippen LogP contribution is -3.11. The number of quaternary nitrogens is 1. The molecule has 8 nitrogen and oxygen atoms in total. The molecule has 0 saturated heterocycles. The van der Waals surface area contributed by atoms with E-state index in [1.165, 1.54) is 36.7 Å². The Morgan fingerprint density at radius 1 is 1.14 bits per heavy atom. The fourth-order valence-corrected chi connectivity index (χ4v) is 4.16. The predicted molar refractivity (Wildman–Crippen MR) is 106 cm³/mol. The SMILES string of the molecule is CCOc1cc2c(cc1OCC)C[NH+](Cn1nnn(-c3cccs3)c1=O)CC2. The first-order valence-corrected chi connectivity index (χ1v) is 10.4. The molecule has 1 aliphatic heterocycles. The van der Waals surface area contributed by atoms with E-state index in [-0.39, 0.29) is 5.69 Å². The van der Waals surface area contributed by atoms with Crippen LogP contribution in [0.5, 0.6) is 11.5 Å². The van der Waals surface area contributed by atoms with Crippen LogP contribution >= 0.6 is 11.3 Å². The number of tetrazole rings is 1. The Balaban J connectivity index is 1.53.